The van der Waals surface area contributed by atoms with Crippen LogP contribution in [0.25, 0.3) is 0 Å². The molecule has 4 aliphatic rings. The molecule has 9 rings (SSSR count). The highest BCUT2D eigenvalue weighted by Crippen LogP contribution is 2.38. The zero-order valence-corrected chi connectivity index (χ0v) is 46.7. The Kier molecular flexibility index (Phi) is 22.1. The van der Waals surface area contributed by atoms with Gasteiger partial charge in [0.25, 0.3) is 0 Å². The zero-order chi connectivity index (χ0) is 62.6. The van der Waals surface area contributed by atoms with Crippen LogP contribution >= 0.6 is 0 Å². The topological polar surface area (TPSA) is 387 Å². The predicted octanol–water partition coefficient (Wildman–Crippen LogP) is -0.281. The summed E-state index contributed by atoms with van der Waals surface area (Å²) in [5.41, 5.74) is -0.0990. The minimum Gasteiger partial charge on any atom is -0.459 e. The predicted molar refractivity (Wildman–Crippen MR) is 294 cm³/mol. The maximum atomic E-state index is 14.5. The van der Waals surface area contributed by atoms with Crippen molar-refractivity contribution in [2.75, 3.05) is 26.4 Å². The Morgan fingerprint density at radius 3 is 1.24 bits per heavy atom. The van der Waals surface area contributed by atoms with Crippen molar-refractivity contribution in [3.05, 3.63) is 179 Å². The molecule has 0 radical (unpaired) electrons. The summed E-state index contributed by atoms with van der Waals surface area (Å²) in [7, 11) is 0. The summed E-state index contributed by atoms with van der Waals surface area (Å²) in [6.45, 7) is -2.58. The van der Waals surface area contributed by atoms with Gasteiger partial charge in [0.1, 0.15) is 92.5 Å². The van der Waals surface area contributed by atoms with E-state index in [0.717, 1.165) is 6.92 Å². The molecule has 4 aliphatic heterocycles. The van der Waals surface area contributed by atoms with Gasteiger partial charge in [-0.25, -0.2) is 24.0 Å². The number of nitrogens with one attached hydrogen (secondary N) is 1. The fourth-order valence-corrected chi connectivity index (χ4v) is 10.2. The molecule has 470 valence electrons. The van der Waals surface area contributed by atoms with Crippen LogP contribution < -0.4 is 5.32 Å². The van der Waals surface area contributed by atoms with Crippen LogP contribution in [-0.4, -0.2) is 226 Å². The van der Waals surface area contributed by atoms with E-state index in [2.05, 4.69) is 5.32 Å². The summed E-state index contributed by atoms with van der Waals surface area (Å²) >= 11 is 0. The van der Waals surface area contributed by atoms with Gasteiger partial charge in [0, 0.05) is 6.92 Å². The molecular formula is C61H65NO26. The number of aliphatic hydroxyl groups is 8. The van der Waals surface area contributed by atoms with Crippen molar-refractivity contribution in [2.24, 2.45) is 0 Å². The van der Waals surface area contributed by atoms with Gasteiger partial charge in [-0.3, -0.25) is 4.79 Å². The van der Waals surface area contributed by atoms with E-state index in [0.29, 0.717) is 0 Å². The Balaban J connectivity index is 1.14. The van der Waals surface area contributed by atoms with Crippen LogP contribution in [0.4, 0.5) is 0 Å². The molecule has 8 unspecified atom stereocenters. The van der Waals surface area contributed by atoms with Crippen LogP contribution in [-0.2, 0) is 61.6 Å². The lowest BCUT2D eigenvalue weighted by Crippen LogP contribution is -2.70. The molecule has 20 atom stereocenters. The van der Waals surface area contributed by atoms with Gasteiger partial charge in [-0.05, 0) is 60.7 Å². The summed E-state index contributed by atoms with van der Waals surface area (Å²) in [6, 6.07) is 35.5. The van der Waals surface area contributed by atoms with Gasteiger partial charge in [-0.2, -0.15) is 0 Å². The SMILES string of the molecule is CC(=O)N[C@H]1C(O)[C@H](O[C@@H]2OC(CO)[C@H](O)C(O)[C@@H]2O)C(CO)O[C@H]1OC1[C@@H](O)C(COC(=O)c2ccccc2)O[C@@H](O[C@@H]2C(COC(=O)c3ccccc3)O[C@@H](O)[C@@H](OC(=O)c3ccccc3)C2OC(=O)c2ccccc2)[C@H]1OC(=O)c1ccccc1. The molecule has 5 aromatic carbocycles. The molecule has 9 N–H and O–H groups in total. The molecule has 88 heavy (non-hydrogen) atoms. The Bertz CT molecular complexity index is 3100. The van der Waals surface area contributed by atoms with Crippen LogP contribution in [0, 0.1) is 0 Å². The molecule has 4 heterocycles. The van der Waals surface area contributed by atoms with Crippen molar-refractivity contribution >= 4 is 35.8 Å². The van der Waals surface area contributed by atoms with Crippen molar-refractivity contribution in [3.8, 4) is 0 Å². The van der Waals surface area contributed by atoms with E-state index in [1.165, 1.54) is 97.1 Å². The molecule has 0 spiro atoms. The first kappa shape index (κ1) is 64.8. The van der Waals surface area contributed by atoms with Crippen molar-refractivity contribution in [3.63, 3.8) is 0 Å². The maximum Gasteiger partial charge on any atom is 0.338 e. The number of benzene rings is 5. The highest BCUT2D eigenvalue weighted by molar-refractivity contribution is 5.91. The molecule has 1 amide bonds. The number of hydrogen-bond acceptors (Lipinski definition) is 26. The van der Waals surface area contributed by atoms with E-state index in [1.807, 2.05) is 0 Å². The Labute approximate surface area is 501 Å². The number of ether oxygens (including phenoxy) is 12. The monoisotopic (exact) mass is 1230 g/mol. The number of rotatable bonds is 21. The number of aliphatic hydroxyl groups excluding tert-OH is 8. The first-order chi connectivity index (χ1) is 42.4. The summed E-state index contributed by atoms with van der Waals surface area (Å²) in [5, 5.41) is 91.8. The molecule has 4 fully saturated rings. The van der Waals surface area contributed by atoms with Gasteiger partial charge in [0.15, 0.2) is 43.5 Å². The molecule has 0 saturated carbocycles. The molecule has 27 nitrogen and oxygen atoms in total. The second kappa shape index (κ2) is 30.0. The van der Waals surface area contributed by atoms with E-state index >= 15 is 0 Å². The van der Waals surface area contributed by atoms with Gasteiger partial charge in [0.05, 0.1) is 41.0 Å². The Morgan fingerprint density at radius 2 is 0.773 bits per heavy atom. The molecular weight excluding hydrogens is 1160 g/mol. The standard InChI is InChI=1S/C61H65NO26/c1-31(65)62-41-44(68)47(86-60-46(70)45(69)42(66)37(27-63)80-60)38(28-64)81-59(41)88-49-43(67)39(29-77-53(71)32-17-7-2-8-18-32)82-61(52(49)85-57(75)36-25-15-6-16-26-36)87-48-40(30-78-54(72)33-19-9-3-10-20-33)79-58(76)51(84-56(74)35-23-13-5-14-24-35)50(48)83-55(73)34-21-11-4-12-22-34/h2-26,37-52,58-61,63-64,66-70,76H,27-30H2,1H3,(H,62,65)/t37?,38?,39?,40?,41-,42-,43-,44?,45?,46-,47+,48+,49?,50?,51-,52-,58+,59-,60-,61-/m0/s1. The number of hydrogen-bond donors (Lipinski definition) is 9. The lowest BCUT2D eigenvalue weighted by Gasteiger charge is -2.50. The number of esters is 5. The summed E-state index contributed by atoms with van der Waals surface area (Å²) in [5.74, 6) is -6.00. The van der Waals surface area contributed by atoms with E-state index < -0.39 is 185 Å². The van der Waals surface area contributed by atoms with Crippen LogP contribution in [0.5, 0.6) is 0 Å². The Morgan fingerprint density at radius 1 is 0.375 bits per heavy atom. The number of amides is 1. The first-order valence-electron chi connectivity index (χ1n) is 27.8. The van der Waals surface area contributed by atoms with Crippen molar-refractivity contribution in [1.29, 1.82) is 0 Å². The second-order valence-electron chi connectivity index (χ2n) is 20.7. The number of carbonyl (C=O) groups excluding carboxylic acids is 6. The summed E-state index contributed by atoms with van der Waals surface area (Å²) in [4.78, 5) is 83.1. The van der Waals surface area contributed by atoms with E-state index in [-0.39, 0.29) is 27.8 Å². The van der Waals surface area contributed by atoms with Gasteiger partial charge < -0.3 is 103 Å². The lowest BCUT2D eigenvalue weighted by molar-refractivity contribution is -0.378. The lowest BCUT2D eigenvalue weighted by atomic mass is 9.94. The molecule has 0 bridgehead atoms. The fourth-order valence-electron chi connectivity index (χ4n) is 10.2. The third-order valence-corrected chi connectivity index (χ3v) is 14.7. The van der Waals surface area contributed by atoms with Gasteiger partial charge >= 0.3 is 29.8 Å². The van der Waals surface area contributed by atoms with Crippen LogP contribution in [0.1, 0.15) is 58.7 Å². The van der Waals surface area contributed by atoms with Gasteiger partial charge in [-0.15, -0.1) is 0 Å². The highest BCUT2D eigenvalue weighted by atomic mass is 16.8. The first-order valence-corrected chi connectivity index (χ1v) is 27.8. The van der Waals surface area contributed by atoms with E-state index in [1.54, 1.807) is 54.6 Å². The summed E-state index contributed by atoms with van der Waals surface area (Å²) < 4.78 is 73.1. The fraction of sp³-hybridized carbons (Fsp3) is 0.410. The average Bonchev–Trinajstić information content (AvgIpc) is 1.41. The van der Waals surface area contributed by atoms with Crippen molar-refractivity contribution in [1.82, 2.24) is 5.32 Å². The van der Waals surface area contributed by atoms with Crippen molar-refractivity contribution < 1.29 is 126 Å². The normalized spacial score (nSPS) is 32.1. The van der Waals surface area contributed by atoms with E-state index in [9.17, 15) is 69.6 Å². The third-order valence-electron chi connectivity index (χ3n) is 14.7. The average molecular weight is 1230 g/mol. The molecule has 5 aromatic rings. The largest absolute Gasteiger partial charge is 0.459 e. The van der Waals surface area contributed by atoms with Gasteiger partial charge in [-0.1, -0.05) is 91.0 Å². The van der Waals surface area contributed by atoms with Gasteiger partial charge in [0.2, 0.25) is 5.91 Å². The molecule has 0 aromatic heterocycles. The quantitative estimate of drug-likeness (QED) is 0.0337. The minimum atomic E-state index is -2.22. The molecule has 4 saturated heterocycles. The molecule has 0 aliphatic carbocycles. The Hall–Kier alpha value is -7.68. The van der Waals surface area contributed by atoms with Crippen LogP contribution in [0.3, 0.4) is 0 Å². The maximum absolute atomic E-state index is 14.5. The minimum absolute atomic E-state index is 0.0348. The summed E-state index contributed by atoms with van der Waals surface area (Å²) in [6.07, 6.45) is -37.4. The smallest absolute Gasteiger partial charge is 0.338 e. The van der Waals surface area contributed by atoms with Crippen molar-refractivity contribution in [2.45, 2.75) is 130 Å². The number of carbonyl (C=O) groups is 6. The molecule has 27 heteroatoms. The highest BCUT2D eigenvalue weighted by Gasteiger charge is 2.59. The van der Waals surface area contributed by atoms with Crippen LogP contribution in [0.15, 0.2) is 152 Å². The second-order valence-corrected chi connectivity index (χ2v) is 20.7. The van der Waals surface area contributed by atoms with Crippen LogP contribution in [0.2, 0.25) is 0 Å². The zero-order valence-electron chi connectivity index (χ0n) is 46.7. The third kappa shape index (κ3) is 15.4. The van der Waals surface area contributed by atoms with E-state index in [4.69, 9.17) is 56.8 Å².